The number of nitrogens with zero attached hydrogens (tertiary/aromatic N) is 1. The first kappa shape index (κ1) is 23.1. The lowest BCUT2D eigenvalue weighted by Crippen LogP contribution is -2.14. The molecule has 0 saturated carbocycles. The largest absolute Gasteiger partial charge is 0.504 e. The predicted molar refractivity (Wildman–Crippen MR) is 131 cm³/mol. The van der Waals surface area contributed by atoms with Crippen molar-refractivity contribution >= 4 is 23.5 Å². The van der Waals surface area contributed by atoms with E-state index in [-0.39, 0.29) is 35.1 Å². The summed E-state index contributed by atoms with van der Waals surface area (Å²) in [5.74, 6) is -0.221. The second-order valence-corrected chi connectivity index (χ2v) is 7.92. The Morgan fingerprint density at radius 1 is 1.15 bits per heavy atom. The van der Waals surface area contributed by atoms with Crippen molar-refractivity contribution in [1.82, 2.24) is 9.55 Å². The van der Waals surface area contributed by atoms with Crippen molar-refractivity contribution in [3.8, 4) is 28.4 Å². The number of nitrogens with one attached hydrogen (secondary N) is 1. The zero-order valence-corrected chi connectivity index (χ0v) is 18.9. The summed E-state index contributed by atoms with van der Waals surface area (Å²) < 4.78 is 6.55. The van der Waals surface area contributed by atoms with Crippen LogP contribution in [0.25, 0.3) is 23.0 Å². The van der Waals surface area contributed by atoms with Crippen LogP contribution in [0.3, 0.4) is 0 Å². The number of aromatic amines is 1. The van der Waals surface area contributed by atoms with Gasteiger partial charge in [0.25, 0.3) is 0 Å². The van der Waals surface area contributed by atoms with Gasteiger partial charge in [0.05, 0.1) is 25.1 Å². The highest BCUT2D eigenvalue weighted by molar-refractivity contribution is 6.30. The quantitative estimate of drug-likeness (QED) is 0.267. The lowest BCUT2D eigenvalue weighted by Gasteiger charge is -2.08. The van der Waals surface area contributed by atoms with Gasteiger partial charge in [-0.1, -0.05) is 41.9 Å². The van der Waals surface area contributed by atoms with Gasteiger partial charge in [-0.3, -0.25) is 9.36 Å². The normalized spacial score (nSPS) is 11.1. The number of rotatable bonds is 7. The molecule has 0 spiro atoms. The van der Waals surface area contributed by atoms with E-state index in [1.54, 1.807) is 60.8 Å². The smallest absolute Gasteiger partial charge is 0.330 e. The van der Waals surface area contributed by atoms with E-state index in [1.165, 1.54) is 17.8 Å². The number of hydrogen-bond donors (Lipinski definition) is 3. The number of benzene rings is 3. The van der Waals surface area contributed by atoms with E-state index in [0.29, 0.717) is 27.5 Å². The summed E-state index contributed by atoms with van der Waals surface area (Å²) in [4.78, 5) is 28.2. The number of ether oxygens (including phenoxy) is 1. The molecule has 7 nitrogen and oxygen atoms in total. The highest BCUT2D eigenvalue weighted by Crippen LogP contribution is 2.32. The molecule has 1 heterocycles. The number of imidazole rings is 1. The third-order valence-corrected chi connectivity index (χ3v) is 5.53. The van der Waals surface area contributed by atoms with Crippen molar-refractivity contribution in [2.24, 2.45) is 0 Å². The van der Waals surface area contributed by atoms with E-state index in [2.05, 4.69) is 4.98 Å². The first-order valence-electron chi connectivity index (χ1n) is 10.3. The lowest BCUT2D eigenvalue weighted by molar-refractivity contribution is 0.104. The Morgan fingerprint density at radius 2 is 1.91 bits per heavy atom. The van der Waals surface area contributed by atoms with Gasteiger partial charge in [-0.25, -0.2) is 4.79 Å². The number of carbonyl (C=O) groups excluding carboxylic acids is 1. The number of aliphatic hydroxyl groups excluding tert-OH is 1. The molecule has 3 aromatic carbocycles. The van der Waals surface area contributed by atoms with Gasteiger partial charge in [0.15, 0.2) is 17.3 Å². The second kappa shape index (κ2) is 9.82. The first-order valence-corrected chi connectivity index (χ1v) is 10.7. The monoisotopic (exact) mass is 476 g/mol. The average Bonchev–Trinajstić information content (AvgIpc) is 3.25. The Morgan fingerprint density at radius 3 is 2.62 bits per heavy atom. The van der Waals surface area contributed by atoms with E-state index in [0.717, 1.165) is 5.56 Å². The van der Waals surface area contributed by atoms with Gasteiger partial charge >= 0.3 is 5.69 Å². The van der Waals surface area contributed by atoms with Gasteiger partial charge in [0.2, 0.25) is 0 Å². The Kier molecular flexibility index (Phi) is 6.67. The highest BCUT2D eigenvalue weighted by Gasteiger charge is 2.11. The topological polar surface area (TPSA) is 105 Å². The number of aromatic nitrogens is 2. The van der Waals surface area contributed by atoms with E-state index in [9.17, 15) is 19.8 Å². The molecule has 0 atom stereocenters. The van der Waals surface area contributed by atoms with Crippen LogP contribution < -0.4 is 10.4 Å². The summed E-state index contributed by atoms with van der Waals surface area (Å²) >= 11 is 5.94. The standard InChI is InChI=1S/C26H21ClN2O5/c1-34-24-12-16(11-19(15-30)25(24)32)5-10-23(31)18-3-2-4-21(13-18)29-14-22(28-26(29)33)17-6-8-20(27)9-7-17/h2-14,30,32H,15H2,1H3,(H,28,33). The fourth-order valence-electron chi connectivity index (χ4n) is 3.50. The van der Waals surface area contributed by atoms with Crippen LogP contribution in [0.4, 0.5) is 0 Å². The maximum absolute atomic E-state index is 12.8. The summed E-state index contributed by atoms with van der Waals surface area (Å²) in [5, 5.41) is 20.0. The molecule has 172 valence electrons. The molecule has 8 heteroatoms. The van der Waals surface area contributed by atoms with Crippen LogP contribution in [0.2, 0.25) is 5.02 Å². The molecule has 0 amide bonds. The van der Waals surface area contributed by atoms with Crippen molar-refractivity contribution in [2.75, 3.05) is 7.11 Å². The van der Waals surface area contributed by atoms with Crippen molar-refractivity contribution in [1.29, 1.82) is 0 Å². The number of aromatic hydroxyl groups is 1. The summed E-state index contributed by atoms with van der Waals surface area (Å²) in [5.41, 5.74) is 2.89. The van der Waals surface area contributed by atoms with Crippen LogP contribution in [-0.2, 0) is 6.61 Å². The van der Waals surface area contributed by atoms with E-state index in [1.807, 2.05) is 12.1 Å². The SMILES string of the molecule is COc1cc(C=CC(=O)c2cccc(-n3cc(-c4ccc(Cl)cc4)[nH]c3=O)c2)cc(CO)c1O. The number of halogens is 1. The summed E-state index contributed by atoms with van der Waals surface area (Å²) in [7, 11) is 1.40. The zero-order valence-electron chi connectivity index (χ0n) is 18.2. The molecular weight excluding hydrogens is 456 g/mol. The van der Waals surface area contributed by atoms with Crippen LogP contribution in [0.5, 0.6) is 11.5 Å². The number of aliphatic hydroxyl groups is 1. The Bertz CT molecular complexity index is 1410. The minimum absolute atomic E-state index is 0.143. The molecule has 0 saturated heterocycles. The Balaban J connectivity index is 1.60. The van der Waals surface area contributed by atoms with Gasteiger partial charge in [-0.05, 0) is 53.6 Å². The minimum atomic E-state index is -0.372. The van der Waals surface area contributed by atoms with E-state index in [4.69, 9.17) is 16.3 Å². The molecule has 4 rings (SSSR count). The predicted octanol–water partition coefficient (Wildman–Crippen LogP) is 4.59. The van der Waals surface area contributed by atoms with Crippen LogP contribution in [0.1, 0.15) is 21.5 Å². The number of ketones is 1. The molecule has 0 fully saturated rings. The maximum Gasteiger partial charge on any atom is 0.330 e. The fraction of sp³-hybridized carbons (Fsp3) is 0.0769. The molecule has 3 N–H and O–H groups in total. The van der Waals surface area contributed by atoms with Gasteiger partial charge in [0.1, 0.15) is 0 Å². The molecular formula is C26H21ClN2O5. The Hall–Kier alpha value is -4.07. The van der Waals surface area contributed by atoms with Crippen LogP contribution in [0, 0.1) is 0 Å². The molecule has 0 bridgehead atoms. The number of methoxy groups -OCH3 is 1. The summed E-state index contributed by atoms with van der Waals surface area (Å²) in [6.07, 6.45) is 4.62. The van der Waals surface area contributed by atoms with Crippen LogP contribution >= 0.6 is 11.6 Å². The molecule has 0 aliphatic heterocycles. The summed E-state index contributed by atoms with van der Waals surface area (Å²) in [6.45, 7) is -0.372. The van der Waals surface area contributed by atoms with Crippen molar-refractivity contribution in [3.63, 3.8) is 0 Å². The highest BCUT2D eigenvalue weighted by atomic mass is 35.5. The number of allylic oxidation sites excluding steroid dienone is 1. The van der Waals surface area contributed by atoms with Crippen molar-refractivity contribution in [3.05, 3.63) is 105 Å². The third-order valence-electron chi connectivity index (χ3n) is 5.28. The lowest BCUT2D eigenvalue weighted by atomic mass is 10.1. The van der Waals surface area contributed by atoms with Crippen molar-refractivity contribution in [2.45, 2.75) is 6.61 Å². The molecule has 0 unspecified atom stereocenters. The number of H-pyrrole nitrogens is 1. The van der Waals surface area contributed by atoms with Crippen LogP contribution in [0.15, 0.2) is 77.7 Å². The number of hydrogen-bond acceptors (Lipinski definition) is 5. The number of carbonyl (C=O) groups is 1. The minimum Gasteiger partial charge on any atom is -0.504 e. The summed E-state index contributed by atoms with van der Waals surface area (Å²) in [6, 6.07) is 16.9. The third kappa shape index (κ3) is 4.80. The van der Waals surface area contributed by atoms with Gasteiger partial charge in [-0.2, -0.15) is 0 Å². The first-order chi connectivity index (χ1) is 16.4. The van der Waals surface area contributed by atoms with E-state index >= 15 is 0 Å². The molecule has 1 aromatic heterocycles. The average molecular weight is 477 g/mol. The molecule has 4 aromatic rings. The molecule has 34 heavy (non-hydrogen) atoms. The van der Waals surface area contributed by atoms with Gasteiger partial charge in [0, 0.05) is 22.3 Å². The Labute approximate surface area is 200 Å². The maximum atomic E-state index is 12.8. The van der Waals surface area contributed by atoms with Gasteiger partial charge < -0.3 is 19.9 Å². The molecule has 0 aliphatic carbocycles. The fourth-order valence-corrected chi connectivity index (χ4v) is 3.63. The molecule has 0 aliphatic rings. The van der Waals surface area contributed by atoms with Crippen molar-refractivity contribution < 1.29 is 19.7 Å². The van der Waals surface area contributed by atoms with E-state index < -0.39 is 0 Å². The second-order valence-electron chi connectivity index (χ2n) is 7.49. The van der Waals surface area contributed by atoms with Gasteiger partial charge in [-0.15, -0.1) is 0 Å². The van der Waals surface area contributed by atoms with Crippen LogP contribution in [-0.4, -0.2) is 32.7 Å². The zero-order chi connectivity index (χ0) is 24.2. The number of phenols is 1. The molecule has 0 radical (unpaired) electrons.